The third-order valence-electron chi connectivity index (χ3n) is 3.76. The van der Waals surface area contributed by atoms with Gasteiger partial charge in [0.05, 0.1) is 16.9 Å². The Kier molecular flexibility index (Phi) is 3.99. The molecular formula is C14H14BrClN4O. The number of aryl methyl sites for hydroxylation is 1. The minimum atomic E-state index is -0.114. The monoisotopic (exact) mass is 368 g/mol. The van der Waals surface area contributed by atoms with Crippen LogP contribution in [0.15, 0.2) is 28.9 Å². The molecule has 1 aromatic heterocycles. The predicted octanol–water partition coefficient (Wildman–Crippen LogP) is 3.43. The van der Waals surface area contributed by atoms with Crippen LogP contribution >= 0.6 is 27.5 Å². The van der Waals surface area contributed by atoms with Crippen LogP contribution in [0.25, 0.3) is 0 Å². The smallest absolute Gasteiger partial charge is 0.278 e. The Bertz CT molecular complexity index is 683. The van der Waals surface area contributed by atoms with Gasteiger partial charge in [-0.1, -0.05) is 32.7 Å². The maximum absolute atomic E-state index is 12.9. The lowest BCUT2D eigenvalue weighted by molar-refractivity contribution is 0.0955. The van der Waals surface area contributed by atoms with Crippen molar-refractivity contribution in [2.24, 2.45) is 7.05 Å². The van der Waals surface area contributed by atoms with Crippen molar-refractivity contribution in [1.29, 1.82) is 0 Å². The van der Waals surface area contributed by atoms with Gasteiger partial charge in [-0.2, -0.15) is 0 Å². The molecule has 1 saturated carbocycles. The first-order valence-corrected chi connectivity index (χ1v) is 7.88. The Balaban J connectivity index is 2.02. The first-order chi connectivity index (χ1) is 10.1. The lowest BCUT2D eigenvalue weighted by Crippen LogP contribution is -2.45. The minimum Gasteiger partial charge on any atom is -0.302 e. The summed E-state index contributed by atoms with van der Waals surface area (Å²) in [5, 5.41) is 8.17. The molecule has 1 fully saturated rings. The van der Waals surface area contributed by atoms with Gasteiger partial charge in [-0.05, 0) is 37.5 Å². The number of hydrogen-bond donors (Lipinski definition) is 0. The van der Waals surface area contributed by atoms with Gasteiger partial charge >= 0.3 is 0 Å². The Hall–Kier alpha value is -1.40. The fourth-order valence-corrected chi connectivity index (χ4v) is 3.16. The van der Waals surface area contributed by atoms with Gasteiger partial charge in [-0.25, -0.2) is 4.68 Å². The zero-order valence-corrected chi connectivity index (χ0v) is 13.8. The third-order valence-corrected chi connectivity index (χ3v) is 4.56. The van der Waals surface area contributed by atoms with Crippen LogP contribution in [0.5, 0.6) is 0 Å². The number of nitrogens with zero attached hydrogens (tertiary/aromatic N) is 4. The Morgan fingerprint density at radius 2 is 2.24 bits per heavy atom. The largest absolute Gasteiger partial charge is 0.302 e. The van der Waals surface area contributed by atoms with E-state index in [1.54, 1.807) is 18.0 Å². The fourth-order valence-electron chi connectivity index (χ4n) is 2.40. The molecule has 2 aromatic rings. The molecule has 0 aliphatic heterocycles. The Morgan fingerprint density at radius 1 is 1.48 bits per heavy atom. The summed E-state index contributed by atoms with van der Waals surface area (Å²) in [7, 11) is 1.71. The molecule has 0 N–H and O–H groups in total. The van der Waals surface area contributed by atoms with E-state index in [0.29, 0.717) is 10.7 Å². The molecule has 1 aromatic carbocycles. The number of carbonyl (C=O) groups is 1. The maximum atomic E-state index is 12.9. The van der Waals surface area contributed by atoms with Crippen LogP contribution in [0, 0.1) is 0 Å². The van der Waals surface area contributed by atoms with Gasteiger partial charge in [-0.3, -0.25) is 4.79 Å². The lowest BCUT2D eigenvalue weighted by Gasteiger charge is -2.37. The third kappa shape index (κ3) is 2.70. The number of benzene rings is 1. The van der Waals surface area contributed by atoms with Crippen molar-refractivity contribution in [2.75, 3.05) is 4.90 Å². The number of aromatic nitrogens is 3. The van der Waals surface area contributed by atoms with Crippen LogP contribution < -0.4 is 4.90 Å². The normalized spacial score (nSPS) is 14.8. The highest BCUT2D eigenvalue weighted by molar-refractivity contribution is 9.10. The highest BCUT2D eigenvalue weighted by Crippen LogP contribution is 2.36. The van der Waals surface area contributed by atoms with Crippen LogP contribution in [0.4, 0.5) is 5.69 Å². The Morgan fingerprint density at radius 3 is 2.76 bits per heavy atom. The molecule has 0 saturated heterocycles. The summed E-state index contributed by atoms with van der Waals surface area (Å²) in [4.78, 5) is 14.6. The molecule has 1 heterocycles. The molecule has 21 heavy (non-hydrogen) atoms. The summed E-state index contributed by atoms with van der Waals surface area (Å²) in [6.45, 7) is 0. The standard InChI is InChI=1S/C14H14BrClN4O/c1-19-13(8-17-18-19)14(21)20(10-3-2-4-10)12-6-5-9(15)7-11(12)16/h5-8,10H,2-4H2,1H3. The number of anilines is 1. The second-order valence-corrected chi connectivity index (χ2v) is 6.42. The first-order valence-electron chi connectivity index (χ1n) is 6.71. The Labute approximate surface area is 136 Å². The quantitative estimate of drug-likeness (QED) is 0.833. The van der Waals surface area contributed by atoms with Gasteiger partial charge in [0.2, 0.25) is 0 Å². The van der Waals surface area contributed by atoms with E-state index in [9.17, 15) is 4.79 Å². The topological polar surface area (TPSA) is 51.0 Å². The van der Waals surface area contributed by atoms with Gasteiger partial charge < -0.3 is 4.90 Å². The van der Waals surface area contributed by atoms with E-state index in [4.69, 9.17) is 11.6 Å². The van der Waals surface area contributed by atoms with Crippen LogP contribution in [0.2, 0.25) is 5.02 Å². The zero-order valence-electron chi connectivity index (χ0n) is 11.5. The summed E-state index contributed by atoms with van der Waals surface area (Å²) in [6.07, 6.45) is 4.60. The van der Waals surface area contributed by atoms with Gasteiger partial charge in [0.15, 0.2) is 0 Å². The lowest BCUT2D eigenvalue weighted by atomic mass is 9.90. The van der Waals surface area contributed by atoms with Crippen molar-refractivity contribution >= 4 is 39.1 Å². The summed E-state index contributed by atoms with van der Waals surface area (Å²) in [5.74, 6) is -0.114. The maximum Gasteiger partial charge on any atom is 0.278 e. The summed E-state index contributed by atoms with van der Waals surface area (Å²) in [5.41, 5.74) is 1.19. The van der Waals surface area contributed by atoms with Gasteiger partial charge in [-0.15, -0.1) is 5.10 Å². The van der Waals surface area contributed by atoms with Crippen LogP contribution in [-0.2, 0) is 7.05 Å². The number of halogens is 2. The second-order valence-electron chi connectivity index (χ2n) is 5.10. The predicted molar refractivity (Wildman–Crippen MR) is 84.6 cm³/mol. The summed E-state index contributed by atoms with van der Waals surface area (Å²) in [6, 6.07) is 5.75. The van der Waals surface area contributed by atoms with Gasteiger partial charge in [0.25, 0.3) is 5.91 Å². The van der Waals surface area contributed by atoms with E-state index >= 15 is 0 Å². The average molecular weight is 370 g/mol. The van der Waals surface area contributed by atoms with Crippen molar-refractivity contribution in [2.45, 2.75) is 25.3 Å². The molecule has 0 spiro atoms. The highest BCUT2D eigenvalue weighted by atomic mass is 79.9. The SMILES string of the molecule is Cn1nncc1C(=O)N(c1ccc(Br)cc1Cl)C1CCC1. The van der Waals surface area contributed by atoms with E-state index in [0.717, 1.165) is 29.4 Å². The van der Waals surface area contributed by atoms with Crippen molar-refractivity contribution in [3.05, 3.63) is 39.6 Å². The molecule has 0 bridgehead atoms. The first kappa shape index (κ1) is 14.5. The molecule has 7 heteroatoms. The zero-order chi connectivity index (χ0) is 15.0. The average Bonchev–Trinajstić information content (AvgIpc) is 2.80. The second kappa shape index (κ2) is 5.77. The van der Waals surface area contributed by atoms with Crippen LogP contribution in [0.3, 0.4) is 0 Å². The van der Waals surface area contributed by atoms with E-state index in [2.05, 4.69) is 26.2 Å². The van der Waals surface area contributed by atoms with Crippen molar-refractivity contribution in [3.63, 3.8) is 0 Å². The minimum absolute atomic E-state index is 0.114. The number of rotatable bonds is 3. The van der Waals surface area contributed by atoms with Crippen molar-refractivity contribution in [1.82, 2.24) is 15.0 Å². The van der Waals surface area contributed by atoms with E-state index in [1.807, 2.05) is 12.1 Å². The summed E-state index contributed by atoms with van der Waals surface area (Å²) < 4.78 is 2.38. The molecule has 1 amide bonds. The van der Waals surface area contributed by atoms with Crippen LogP contribution in [0.1, 0.15) is 29.8 Å². The molecule has 0 unspecified atom stereocenters. The van der Waals surface area contributed by atoms with E-state index in [-0.39, 0.29) is 11.9 Å². The van der Waals surface area contributed by atoms with Crippen molar-refractivity contribution < 1.29 is 4.79 Å². The van der Waals surface area contributed by atoms with Gasteiger partial charge in [0.1, 0.15) is 5.69 Å². The molecular weight excluding hydrogens is 356 g/mol. The number of amides is 1. The fraction of sp³-hybridized carbons (Fsp3) is 0.357. The van der Waals surface area contributed by atoms with Crippen LogP contribution in [-0.4, -0.2) is 26.9 Å². The van der Waals surface area contributed by atoms with E-state index in [1.165, 1.54) is 10.9 Å². The molecule has 3 rings (SSSR count). The number of carbonyl (C=O) groups excluding carboxylic acids is 1. The molecule has 1 aliphatic carbocycles. The van der Waals surface area contributed by atoms with Gasteiger partial charge in [0, 0.05) is 17.6 Å². The molecule has 110 valence electrons. The molecule has 0 radical (unpaired) electrons. The molecule has 0 atom stereocenters. The summed E-state index contributed by atoms with van der Waals surface area (Å²) >= 11 is 9.72. The molecule has 1 aliphatic rings. The van der Waals surface area contributed by atoms with E-state index < -0.39 is 0 Å². The number of hydrogen-bond acceptors (Lipinski definition) is 3. The van der Waals surface area contributed by atoms with Crippen molar-refractivity contribution in [3.8, 4) is 0 Å². The molecule has 5 nitrogen and oxygen atoms in total. The highest BCUT2D eigenvalue weighted by Gasteiger charge is 2.33.